The number of nitrogens with zero attached hydrogens (tertiary/aromatic N) is 1. The van der Waals surface area contributed by atoms with Crippen molar-refractivity contribution in [2.75, 3.05) is 13.1 Å². The molecule has 1 aromatic carbocycles. The van der Waals surface area contributed by atoms with Crippen molar-refractivity contribution in [1.29, 1.82) is 0 Å². The van der Waals surface area contributed by atoms with Crippen molar-refractivity contribution >= 4 is 11.8 Å². The summed E-state index contributed by atoms with van der Waals surface area (Å²) in [6.45, 7) is 3.60. The van der Waals surface area contributed by atoms with Crippen LogP contribution in [0.2, 0.25) is 0 Å². The lowest BCUT2D eigenvalue weighted by Gasteiger charge is -2.22. The average molecular weight is 288 g/mol. The predicted octanol–water partition coefficient (Wildman–Crippen LogP) is 2.60. The Morgan fingerprint density at radius 3 is 2.33 bits per heavy atom. The van der Waals surface area contributed by atoms with Crippen LogP contribution in [0.4, 0.5) is 0 Å². The molecule has 21 heavy (non-hydrogen) atoms. The Kier molecular flexibility index (Phi) is 5.78. The highest BCUT2D eigenvalue weighted by Crippen LogP contribution is 2.11. The van der Waals surface area contributed by atoms with E-state index in [-0.39, 0.29) is 17.9 Å². The van der Waals surface area contributed by atoms with Crippen molar-refractivity contribution < 1.29 is 9.59 Å². The molecule has 114 valence electrons. The van der Waals surface area contributed by atoms with Gasteiger partial charge in [-0.1, -0.05) is 31.0 Å². The SMILES string of the molecule is C[C@H](CC(=O)N1CCCCCC1)NC(=O)c1ccccc1. The molecule has 1 fully saturated rings. The Labute approximate surface area is 126 Å². The highest BCUT2D eigenvalue weighted by Gasteiger charge is 2.19. The summed E-state index contributed by atoms with van der Waals surface area (Å²) >= 11 is 0. The molecule has 2 amide bonds. The van der Waals surface area contributed by atoms with Gasteiger partial charge in [-0.3, -0.25) is 9.59 Å². The van der Waals surface area contributed by atoms with Crippen molar-refractivity contribution in [3.63, 3.8) is 0 Å². The van der Waals surface area contributed by atoms with Crippen molar-refractivity contribution in [1.82, 2.24) is 10.2 Å². The maximum atomic E-state index is 12.3. The summed E-state index contributed by atoms with van der Waals surface area (Å²) in [6, 6.07) is 8.96. The van der Waals surface area contributed by atoms with Crippen molar-refractivity contribution in [2.45, 2.75) is 45.1 Å². The van der Waals surface area contributed by atoms with E-state index in [1.165, 1.54) is 12.8 Å². The Morgan fingerprint density at radius 2 is 1.71 bits per heavy atom. The summed E-state index contributed by atoms with van der Waals surface area (Å²) in [5, 5.41) is 2.90. The smallest absolute Gasteiger partial charge is 0.251 e. The number of carbonyl (C=O) groups is 2. The maximum absolute atomic E-state index is 12.3. The highest BCUT2D eigenvalue weighted by molar-refractivity contribution is 5.94. The van der Waals surface area contributed by atoms with E-state index in [4.69, 9.17) is 0 Å². The lowest BCUT2D eigenvalue weighted by molar-refractivity contribution is -0.131. The quantitative estimate of drug-likeness (QED) is 0.926. The Morgan fingerprint density at radius 1 is 1.10 bits per heavy atom. The number of amides is 2. The molecule has 1 saturated heterocycles. The first-order valence-electron chi connectivity index (χ1n) is 7.80. The standard InChI is InChI=1S/C17H24N2O2/c1-14(18-17(21)15-9-5-4-6-10-15)13-16(20)19-11-7-2-3-8-12-19/h4-6,9-10,14H,2-3,7-8,11-13H2,1H3,(H,18,21)/t14-/m1/s1. The molecular formula is C17H24N2O2. The molecule has 1 aromatic rings. The van der Waals surface area contributed by atoms with E-state index < -0.39 is 0 Å². The van der Waals surface area contributed by atoms with Crippen molar-refractivity contribution in [2.24, 2.45) is 0 Å². The van der Waals surface area contributed by atoms with Gasteiger partial charge in [0.05, 0.1) is 0 Å². The minimum atomic E-state index is -0.145. The van der Waals surface area contributed by atoms with Crippen LogP contribution >= 0.6 is 0 Å². The molecule has 1 aliphatic heterocycles. The Bertz CT molecular complexity index is 465. The van der Waals surface area contributed by atoms with E-state index >= 15 is 0 Å². The third kappa shape index (κ3) is 4.88. The fourth-order valence-electron chi connectivity index (χ4n) is 2.66. The first-order valence-corrected chi connectivity index (χ1v) is 7.80. The fourth-order valence-corrected chi connectivity index (χ4v) is 2.66. The summed E-state index contributed by atoms with van der Waals surface area (Å²) < 4.78 is 0. The molecule has 4 nitrogen and oxygen atoms in total. The number of hydrogen-bond acceptors (Lipinski definition) is 2. The third-order valence-electron chi connectivity index (χ3n) is 3.85. The molecule has 0 spiro atoms. The number of rotatable bonds is 4. The second-order valence-electron chi connectivity index (χ2n) is 5.74. The molecule has 0 radical (unpaired) electrons. The largest absolute Gasteiger partial charge is 0.349 e. The Balaban J connectivity index is 1.82. The molecule has 1 heterocycles. The van der Waals surface area contributed by atoms with Crippen molar-refractivity contribution in [3.8, 4) is 0 Å². The molecule has 2 rings (SSSR count). The second-order valence-corrected chi connectivity index (χ2v) is 5.74. The first kappa shape index (κ1) is 15.5. The van der Waals surface area contributed by atoms with E-state index in [2.05, 4.69) is 5.32 Å². The minimum Gasteiger partial charge on any atom is -0.349 e. The van der Waals surface area contributed by atoms with Gasteiger partial charge in [0, 0.05) is 31.1 Å². The van der Waals surface area contributed by atoms with E-state index in [9.17, 15) is 9.59 Å². The van der Waals surface area contributed by atoms with Gasteiger partial charge < -0.3 is 10.2 Å². The second kappa shape index (κ2) is 7.81. The lowest BCUT2D eigenvalue weighted by Crippen LogP contribution is -2.39. The van der Waals surface area contributed by atoms with E-state index in [1.54, 1.807) is 12.1 Å². The summed E-state index contributed by atoms with van der Waals surface area (Å²) in [5.74, 6) is 0.0320. The molecule has 4 heteroatoms. The van der Waals surface area contributed by atoms with E-state index in [0.717, 1.165) is 25.9 Å². The van der Waals surface area contributed by atoms with Gasteiger partial charge >= 0.3 is 0 Å². The molecule has 0 bridgehead atoms. The van der Waals surface area contributed by atoms with Crippen LogP contribution in [0.5, 0.6) is 0 Å². The molecule has 1 aliphatic rings. The summed E-state index contributed by atoms with van der Waals surface area (Å²) in [6.07, 6.45) is 4.99. The van der Waals surface area contributed by atoms with Gasteiger partial charge in [-0.2, -0.15) is 0 Å². The van der Waals surface area contributed by atoms with Gasteiger partial charge in [-0.25, -0.2) is 0 Å². The van der Waals surface area contributed by atoms with Crippen molar-refractivity contribution in [3.05, 3.63) is 35.9 Å². The zero-order chi connectivity index (χ0) is 15.1. The number of carbonyl (C=O) groups excluding carboxylic acids is 2. The number of likely N-dealkylation sites (tertiary alicyclic amines) is 1. The monoisotopic (exact) mass is 288 g/mol. The zero-order valence-corrected chi connectivity index (χ0v) is 12.7. The van der Waals surface area contributed by atoms with Gasteiger partial charge in [0.25, 0.3) is 5.91 Å². The van der Waals surface area contributed by atoms with Crippen LogP contribution in [0.3, 0.4) is 0 Å². The molecule has 0 aromatic heterocycles. The molecular weight excluding hydrogens is 264 g/mol. The first-order chi connectivity index (χ1) is 10.2. The maximum Gasteiger partial charge on any atom is 0.251 e. The van der Waals surface area contributed by atoms with Gasteiger partial charge in [-0.05, 0) is 31.9 Å². The third-order valence-corrected chi connectivity index (χ3v) is 3.85. The Hall–Kier alpha value is -1.84. The molecule has 0 aliphatic carbocycles. The van der Waals surface area contributed by atoms with Crippen LogP contribution in [0, 0.1) is 0 Å². The summed E-state index contributed by atoms with van der Waals surface area (Å²) in [7, 11) is 0. The number of hydrogen-bond donors (Lipinski definition) is 1. The number of benzene rings is 1. The van der Waals surface area contributed by atoms with E-state index in [0.29, 0.717) is 12.0 Å². The predicted molar refractivity (Wildman–Crippen MR) is 83.0 cm³/mol. The zero-order valence-electron chi connectivity index (χ0n) is 12.7. The van der Waals surface area contributed by atoms with Crippen LogP contribution in [-0.2, 0) is 4.79 Å². The van der Waals surface area contributed by atoms with Gasteiger partial charge in [0.15, 0.2) is 0 Å². The minimum absolute atomic E-state index is 0.119. The lowest BCUT2D eigenvalue weighted by atomic mass is 10.1. The number of nitrogens with one attached hydrogen (secondary N) is 1. The molecule has 1 atom stereocenters. The highest BCUT2D eigenvalue weighted by atomic mass is 16.2. The molecule has 1 N–H and O–H groups in total. The summed E-state index contributed by atoms with van der Waals surface area (Å²) in [5.41, 5.74) is 0.631. The fraction of sp³-hybridized carbons (Fsp3) is 0.529. The van der Waals surface area contributed by atoms with Crippen LogP contribution < -0.4 is 5.32 Å². The van der Waals surface area contributed by atoms with Gasteiger partial charge in [0.2, 0.25) is 5.91 Å². The van der Waals surface area contributed by atoms with Gasteiger partial charge in [-0.15, -0.1) is 0 Å². The topological polar surface area (TPSA) is 49.4 Å². The van der Waals surface area contributed by atoms with Crippen LogP contribution in [-0.4, -0.2) is 35.8 Å². The molecule has 0 saturated carbocycles. The van der Waals surface area contributed by atoms with Gasteiger partial charge in [0.1, 0.15) is 0 Å². The van der Waals surface area contributed by atoms with E-state index in [1.807, 2.05) is 30.0 Å². The van der Waals surface area contributed by atoms with Crippen LogP contribution in [0.1, 0.15) is 49.4 Å². The average Bonchev–Trinajstić information content (AvgIpc) is 2.77. The summed E-state index contributed by atoms with van der Waals surface area (Å²) in [4.78, 5) is 26.2. The van der Waals surface area contributed by atoms with Crippen LogP contribution in [0.15, 0.2) is 30.3 Å². The van der Waals surface area contributed by atoms with Crippen LogP contribution in [0.25, 0.3) is 0 Å². The normalized spacial score (nSPS) is 16.9. The molecule has 0 unspecified atom stereocenters.